The molecule has 0 radical (unpaired) electrons. The smallest absolute Gasteiger partial charge is 0.270 e. The van der Waals surface area contributed by atoms with E-state index in [0.29, 0.717) is 15.2 Å². The Kier molecular flexibility index (Phi) is 4.48. The second-order valence-corrected chi connectivity index (χ2v) is 5.71. The fourth-order valence-corrected chi connectivity index (χ4v) is 2.60. The van der Waals surface area contributed by atoms with Crippen molar-refractivity contribution in [2.45, 2.75) is 5.16 Å². The molecule has 4 nitrogen and oxygen atoms in total. The highest BCUT2D eigenvalue weighted by atomic mass is 79.9. The van der Waals surface area contributed by atoms with Crippen LogP contribution in [-0.2, 0) is 0 Å². The number of nitrogens with zero attached hydrogens (tertiary/aromatic N) is 2. The van der Waals surface area contributed by atoms with Gasteiger partial charge in [-0.15, -0.1) is 0 Å². The van der Waals surface area contributed by atoms with Crippen molar-refractivity contribution in [2.75, 3.05) is 6.26 Å². The van der Waals surface area contributed by atoms with Crippen LogP contribution >= 0.6 is 39.3 Å². The van der Waals surface area contributed by atoms with Gasteiger partial charge in [-0.1, -0.05) is 23.4 Å². The van der Waals surface area contributed by atoms with E-state index in [1.807, 2.05) is 0 Å². The first-order chi connectivity index (χ1) is 9.47. The topological polar surface area (TPSA) is 69.5 Å². The quantitative estimate of drug-likeness (QED) is 0.495. The zero-order valence-electron chi connectivity index (χ0n) is 10.00. The minimum absolute atomic E-state index is 0.111. The molecule has 8 heteroatoms. The van der Waals surface area contributed by atoms with E-state index in [2.05, 4.69) is 25.9 Å². The van der Waals surface area contributed by atoms with Gasteiger partial charge in [0.25, 0.3) is 5.56 Å². The van der Waals surface area contributed by atoms with Crippen LogP contribution in [0.4, 0.5) is 4.39 Å². The molecule has 0 saturated heterocycles. The van der Waals surface area contributed by atoms with E-state index in [9.17, 15) is 9.18 Å². The molecule has 1 aromatic carbocycles. The van der Waals surface area contributed by atoms with E-state index in [4.69, 9.17) is 16.9 Å². The Morgan fingerprint density at radius 2 is 2.25 bits per heavy atom. The lowest BCUT2D eigenvalue weighted by Crippen LogP contribution is -2.14. The van der Waals surface area contributed by atoms with Crippen molar-refractivity contribution < 1.29 is 4.39 Å². The van der Waals surface area contributed by atoms with Crippen LogP contribution < -0.4 is 5.56 Å². The highest BCUT2D eigenvalue weighted by molar-refractivity contribution is 9.10. The molecular weight excluding hydrogens is 369 g/mol. The summed E-state index contributed by atoms with van der Waals surface area (Å²) in [5.74, 6) is -0.601. The second kappa shape index (κ2) is 5.95. The van der Waals surface area contributed by atoms with Crippen LogP contribution in [0.1, 0.15) is 5.56 Å². The van der Waals surface area contributed by atoms with Crippen molar-refractivity contribution in [3.05, 3.63) is 43.4 Å². The fraction of sp³-hybridized carbons (Fsp3) is 0.0833. The molecule has 0 fully saturated rings. The van der Waals surface area contributed by atoms with Crippen LogP contribution in [0, 0.1) is 17.1 Å². The van der Waals surface area contributed by atoms with Gasteiger partial charge >= 0.3 is 0 Å². The lowest BCUT2D eigenvalue weighted by molar-refractivity contribution is 0.627. The third kappa shape index (κ3) is 2.73. The summed E-state index contributed by atoms with van der Waals surface area (Å²) in [6.07, 6.45) is 1.74. The first-order valence-corrected chi connectivity index (χ1v) is 7.60. The zero-order chi connectivity index (χ0) is 14.9. The van der Waals surface area contributed by atoms with Crippen LogP contribution in [0.25, 0.3) is 11.3 Å². The molecule has 0 amide bonds. The average molecular weight is 375 g/mol. The van der Waals surface area contributed by atoms with Crippen molar-refractivity contribution >= 4 is 39.3 Å². The summed E-state index contributed by atoms with van der Waals surface area (Å²) in [5, 5.41) is 9.35. The summed E-state index contributed by atoms with van der Waals surface area (Å²) >= 11 is 10.2. The van der Waals surface area contributed by atoms with E-state index in [1.54, 1.807) is 12.3 Å². The summed E-state index contributed by atoms with van der Waals surface area (Å²) in [5.41, 5.74) is -0.149. The van der Waals surface area contributed by atoms with Crippen LogP contribution in [0.15, 0.2) is 26.6 Å². The number of rotatable bonds is 2. The molecule has 102 valence electrons. The number of hydrogen-bond donors (Lipinski definition) is 1. The van der Waals surface area contributed by atoms with Crippen molar-refractivity contribution in [3.63, 3.8) is 0 Å². The molecule has 2 rings (SSSR count). The minimum Gasteiger partial charge on any atom is -0.300 e. The third-order valence-electron chi connectivity index (χ3n) is 2.47. The Hall–Kier alpha value is -1.36. The number of hydrogen-bond acceptors (Lipinski definition) is 4. The molecule has 1 heterocycles. The number of halogens is 3. The summed E-state index contributed by atoms with van der Waals surface area (Å²) in [7, 11) is 0. The maximum Gasteiger partial charge on any atom is 0.270 e. The summed E-state index contributed by atoms with van der Waals surface area (Å²) < 4.78 is 13.7. The molecule has 0 aliphatic heterocycles. The molecule has 0 aliphatic rings. The van der Waals surface area contributed by atoms with E-state index >= 15 is 0 Å². The van der Waals surface area contributed by atoms with Crippen LogP contribution in [-0.4, -0.2) is 16.2 Å². The van der Waals surface area contributed by atoms with Gasteiger partial charge < -0.3 is 4.98 Å². The van der Waals surface area contributed by atoms with Gasteiger partial charge in [0.2, 0.25) is 0 Å². The molecule has 0 spiro atoms. The summed E-state index contributed by atoms with van der Waals surface area (Å²) in [6.45, 7) is 0. The number of thioether (sulfide) groups is 1. The Balaban J connectivity index is 2.82. The van der Waals surface area contributed by atoms with E-state index in [1.165, 1.54) is 23.9 Å². The first-order valence-electron chi connectivity index (χ1n) is 5.21. The van der Waals surface area contributed by atoms with Gasteiger partial charge in [0.05, 0.1) is 10.7 Å². The predicted molar refractivity (Wildman–Crippen MR) is 79.5 cm³/mol. The molecule has 2 aromatic rings. The van der Waals surface area contributed by atoms with Gasteiger partial charge in [-0.2, -0.15) is 5.26 Å². The normalized spacial score (nSPS) is 10.3. The number of benzene rings is 1. The molecule has 0 aliphatic carbocycles. The monoisotopic (exact) mass is 373 g/mol. The lowest BCUT2D eigenvalue weighted by atomic mass is 10.1. The number of aromatic amines is 1. The predicted octanol–water partition coefficient (Wildman–Crippen LogP) is 3.59. The molecule has 1 N–H and O–H groups in total. The maximum atomic E-state index is 13.4. The highest BCUT2D eigenvalue weighted by Crippen LogP contribution is 2.33. The Bertz CT molecular complexity index is 787. The highest BCUT2D eigenvalue weighted by Gasteiger charge is 2.17. The SMILES string of the molecule is CSc1nc(-c2cc(Cl)c(F)cc2Br)c(C#N)c(=O)[nH]1. The number of H-pyrrole nitrogens is 1. The second-order valence-electron chi connectivity index (χ2n) is 3.66. The van der Waals surface area contributed by atoms with E-state index in [-0.39, 0.29) is 16.3 Å². The van der Waals surface area contributed by atoms with Gasteiger partial charge in [-0.3, -0.25) is 4.79 Å². The summed E-state index contributed by atoms with van der Waals surface area (Å²) in [6, 6.07) is 4.30. The van der Waals surface area contributed by atoms with Crippen molar-refractivity contribution in [1.82, 2.24) is 9.97 Å². The number of nitriles is 1. The fourth-order valence-electron chi connectivity index (χ4n) is 1.55. The zero-order valence-corrected chi connectivity index (χ0v) is 13.2. The van der Waals surface area contributed by atoms with Gasteiger partial charge in [0.15, 0.2) is 5.16 Å². The third-order valence-corrected chi connectivity index (χ3v) is 3.99. The van der Waals surface area contributed by atoms with Crippen molar-refractivity contribution in [1.29, 1.82) is 5.26 Å². The molecule has 0 bridgehead atoms. The molecule has 0 atom stereocenters. The van der Waals surface area contributed by atoms with Gasteiger partial charge in [0, 0.05) is 10.0 Å². The van der Waals surface area contributed by atoms with Gasteiger partial charge in [-0.05, 0) is 34.3 Å². The van der Waals surface area contributed by atoms with Crippen molar-refractivity contribution in [2.24, 2.45) is 0 Å². The molecular formula is C12H6BrClFN3OS. The molecule has 0 unspecified atom stereocenters. The first kappa shape index (κ1) is 15.0. The maximum absolute atomic E-state index is 13.4. The lowest BCUT2D eigenvalue weighted by Gasteiger charge is -2.08. The largest absolute Gasteiger partial charge is 0.300 e. The molecule has 0 saturated carbocycles. The standard InChI is InChI=1S/C12H6BrClFN3OS/c1-20-12-17-10(6(4-16)11(19)18-12)5-2-8(14)9(15)3-7(5)13/h2-3H,1H3,(H,17,18,19). The Morgan fingerprint density at radius 3 is 2.85 bits per heavy atom. The summed E-state index contributed by atoms with van der Waals surface area (Å²) in [4.78, 5) is 18.5. The minimum atomic E-state index is -0.601. The Labute approximate surface area is 131 Å². The molecule has 1 aromatic heterocycles. The van der Waals surface area contributed by atoms with Crippen LogP contribution in [0.5, 0.6) is 0 Å². The van der Waals surface area contributed by atoms with Gasteiger partial charge in [-0.25, -0.2) is 9.37 Å². The van der Waals surface area contributed by atoms with Crippen molar-refractivity contribution in [3.8, 4) is 17.3 Å². The van der Waals surface area contributed by atoms with E-state index < -0.39 is 11.4 Å². The average Bonchev–Trinajstić information content (AvgIpc) is 2.42. The number of nitrogens with one attached hydrogen (secondary N) is 1. The molecule has 20 heavy (non-hydrogen) atoms. The van der Waals surface area contributed by atoms with Gasteiger partial charge in [0.1, 0.15) is 17.4 Å². The Morgan fingerprint density at radius 1 is 1.55 bits per heavy atom. The van der Waals surface area contributed by atoms with E-state index in [0.717, 1.165) is 0 Å². The van der Waals surface area contributed by atoms with Crippen LogP contribution in [0.2, 0.25) is 5.02 Å². The number of aromatic nitrogens is 2. The van der Waals surface area contributed by atoms with Crippen LogP contribution in [0.3, 0.4) is 0 Å².